The van der Waals surface area contributed by atoms with E-state index in [1.165, 1.54) is 0 Å². The van der Waals surface area contributed by atoms with Crippen LogP contribution in [0.4, 0.5) is 8.78 Å². The van der Waals surface area contributed by atoms with Gasteiger partial charge in [0, 0.05) is 18.2 Å². The number of halogens is 2. The maximum atomic E-state index is 13.4. The third-order valence-corrected chi connectivity index (χ3v) is 3.75. The van der Waals surface area contributed by atoms with Crippen LogP contribution in [0.3, 0.4) is 0 Å². The Bertz CT molecular complexity index is 683. The molecule has 122 valence electrons. The first-order valence-electron chi connectivity index (χ1n) is 7.37. The predicted octanol–water partition coefficient (Wildman–Crippen LogP) is 4.20. The van der Waals surface area contributed by atoms with E-state index in [-0.39, 0.29) is 11.6 Å². The SMILES string of the molecule is CCN(C(=O)c1cc(F)cc(F)c1)C(C)c1cccc(OC)c1. The van der Waals surface area contributed by atoms with Crippen molar-refractivity contribution in [1.29, 1.82) is 0 Å². The second-order valence-corrected chi connectivity index (χ2v) is 5.20. The molecular formula is C18H19F2NO2. The number of amides is 1. The van der Waals surface area contributed by atoms with Crippen molar-refractivity contribution < 1.29 is 18.3 Å². The summed E-state index contributed by atoms with van der Waals surface area (Å²) in [6.07, 6.45) is 0. The summed E-state index contributed by atoms with van der Waals surface area (Å²) in [5.41, 5.74) is 0.885. The van der Waals surface area contributed by atoms with Crippen molar-refractivity contribution in [2.24, 2.45) is 0 Å². The fraction of sp³-hybridized carbons (Fsp3) is 0.278. The van der Waals surface area contributed by atoms with E-state index in [0.717, 1.165) is 23.8 Å². The molecule has 0 aliphatic carbocycles. The van der Waals surface area contributed by atoms with Crippen molar-refractivity contribution >= 4 is 5.91 Å². The first-order valence-corrected chi connectivity index (χ1v) is 7.37. The maximum Gasteiger partial charge on any atom is 0.254 e. The molecule has 0 heterocycles. The molecular weight excluding hydrogens is 300 g/mol. The molecule has 1 atom stereocenters. The molecule has 0 saturated heterocycles. The number of methoxy groups -OCH3 is 1. The van der Waals surface area contributed by atoms with Crippen molar-refractivity contribution in [3.63, 3.8) is 0 Å². The van der Waals surface area contributed by atoms with Crippen molar-refractivity contribution in [2.45, 2.75) is 19.9 Å². The van der Waals surface area contributed by atoms with Gasteiger partial charge in [-0.1, -0.05) is 12.1 Å². The van der Waals surface area contributed by atoms with Crippen LogP contribution in [0.25, 0.3) is 0 Å². The molecule has 1 amide bonds. The Morgan fingerprint density at radius 1 is 1.17 bits per heavy atom. The smallest absolute Gasteiger partial charge is 0.254 e. The zero-order valence-corrected chi connectivity index (χ0v) is 13.3. The summed E-state index contributed by atoms with van der Waals surface area (Å²) in [6.45, 7) is 4.10. The molecule has 2 rings (SSSR count). The topological polar surface area (TPSA) is 29.5 Å². The van der Waals surface area contributed by atoms with Crippen molar-refractivity contribution in [2.75, 3.05) is 13.7 Å². The van der Waals surface area contributed by atoms with Crippen LogP contribution in [-0.4, -0.2) is 24.5 Å². The molecule has 0 radical (unpaired) electrons. The van der Waals surface area contributed by atoms with Gasteiger partial charge in [-0.05, 0) is 43.7 Å². The Morgan fingerprint density at radius 2 is 1.83 bits per heavy atom. The average Bonchev–Trinajstić information content (AvgIpc) is 2.54. The van der Waals surface area contributed by atoms with E-state index in [4.69, 9.17) is 4.74 Å². The molecule has 0 bridgehead atoms. The lowest BCUT2D eigenvalue weighted by Crippen LogP contribution is -2.33. The number of ether oxygens (including phenoxy) is 1. The van der Waals surface area contributed by atoms with E-state index in [0.29, 0.717) is 12.3 Å². The Hall–Kier alpha value is -2.43. The van der Waals surface area contributed by atoms with E-state index in [9.17, 15) is 13.6 Å². The number of benzene rings is 2. The average molecular weight is 319 g/mol. The van der Waals surface area contributed by atoms with Crippen LogP contribution in [-0.2, 0) is 0 Å². The van der Waals surface area contributed by atoms with Gasteiger partial charge in [0.1, 0.15) is 17.4 Å². The van der Waals surface area contributed by atoms with Crippen LogP contribution in [0.5, 0.6) is 5.75 Å². The fourth-order valence-electron chi connectivity index (χ4n) is 2.52. The van der Waals surface area contributed by atoms with E-state index in [1.54, 1.807) is 12.0 Å². The highest BCUT2D eigenvalue weighted by Gasteiger charge is 2.22. The summed E-state index contributed by atoms with van der Waals surface area (Å²) >= 11 is 0. The number of nitrogens with zero attached hydrogens (tertiary/aromatic N) is 1. The fourth-order valence-corrected chi connectivity index (χ4v) is 2.52. The lowest BCUT2D eigenvalue weighted by atomic mass is 10.0. The largest absolute Gasteiger partial charge is 0.497 e. The molecule has 3 nitrogen and oxygen atoms in total. The molecule has 1 unspecified atom stereocenters. The Labute approximate surface area is 134 Å². The highest BCUT2D eigenvalue weighted by molar-refractivity contribution is 5.94. The summed E-state index contributed by atoms with van der Waals surface area (Å²) in [7, 11) is 1.57. The summed E-state index contributed by atoms with van der Waals surface area (Å²) in [4.78, 5) is 14.2. The predicted molar refractivity (Wildman–Crippen MR) is 84.5 cm³/mol. The number of carbonyl (C=O) groups excluding carboxylic acids is 1. The van der Waals surface area contributed by atoms with Gasteiger partial charge >= 0.3 is 0 Å². The zero-order valence-electron chi connectivity index (χ0n) is 13.3. The van der Waals surface area contributed by atoms with E-state index in [2.05, 4.69) is 0 Å². The van der Waals surface area contributed by atoms with Gasteiger partial charge in [0.25, 0.3) is 5.91 Å². The molecule has 0 aliphatic heterocycles. The molecule has 2 aromatic rings. The van der Waals surface area contributed by atoms with Gasteiger partial charge in [-0.25, -0.2) is 8.78 Å². The zero-order chi connectivity index (χ0) is 17.0. The first-order chi connectivity index (χ1) is 11.0. The summed E-state index contributed by atoms with van der Waals surface area (Å²) in [6, 6.07) is 9.97. The number of rotatable bonds is 5. The minimum absolute atomic E-state index is 0.000837. The van der Waals surface area contributed by atoms with Gasteiger partial charge in [-0.15, -0.1) is 0 Å². The Balaban J connectivity index is 2.31. The highest BCUT2D eigenvalue weighted by Crippen LogP contribution is 2.25. The molecule has 5 heteroatoms. The van der Waals surface area contributed by atoms with Crippen LogP contribution < -0.4 is 4.74 Å². The van der Waals surface area contributed by atoms with Gasteiger partial charge in [-0.3, -0.25) is 4.79 Å². The molecule has 0 N–H and O–H groups in total. The number of hydrogen-bond donors (Lipinski definition) is 0. The van der Waals surface area contributed by atoms with Gasteiger partial charge in [0.15, 0.2) is 0 Å². The molecule has 0 saturated carbocycles. The standard InChI is InChI=1S/C18H19F2NO2/c1-4-21(12(2)13-6-5-7-17(10-13)23-3)18(22)14-8-15(19)11-16(20)9-14/h5-12H,4H2,1-3H3. The van der Waals surface area contributed by atoms with E-state index < -0.39 is 17.5 Å². The molecule has 0 aliphatic rings. The minimum Gasteiger partial charge on any atom is -0.497 e. The Morgan fingerprint density at radius 3 is 2.39 bits per heavy atom. The van der Waals surface area contributed by atoms with Crippen LogP contribution in [0.15, 0.2) is 42.5 Å². The first kappa shape index (κ1) is 16.9. The second-order valence-electron chi connectivity index (χ2n) is 5.20. The van der Waals surface area contributed by atoms with Crippen molar-refractivity contribution in [3.05, 3.63) is 65.2 Å². The Kier molecular flexibility index (Phi) is 5.32. The van der Waals surface area contributed by atoms with Crippen LogP contribution >= 0.6 is 0 Å². The van der Waals surface area contributed by atoms with Gasteiger partial charge in [0.05, 0.1) is 13.2 Å². The van der Waals surface area contributed by atoms with Gasteiger partial charge in [-0.2, -0.15) is 0 Å². The summed E-state index contributed by atoms with van der Waals surface area (Å²) < 4.78 is 31.9. The van der Waals surface area contributed by atoms with E-state index in [1.807, 2.05) is 38.1 Å². The molecule has 0 spiro atoms. The monoisotopic (exact) mass is 319 g/mol. The van der Waals surface area contributed by atoms with Crippen molar-refractivity contribution in [1.82, 2.24) is 4.90 Å². The summed E-state index contributed by atoms with van der Waals surface area (Å²) in [5.74, 6) is -1.26. The van der Waals surface area contributed by atoms with Crippen LogP contribution in [0, 0.1) is 11.6 Å². The highest BCUT2D eigenvalue weighted by atomic mass is 19.1. The van der Waals surface area contributed by atoms with Gasteiger partial charge in [0.2, 0.25) is 0 Å². The normalized spacial score (nSPS) is 11.9. The third kappa shape index (κ3) is 3.86. The molecule has 0 aromatic heterocycles. The quantitative estimate of drug-likeness (QED) is 0.827. The molecule has 23 heavy (non-hydrogen) atoms. The summed E-state index contributed by atoms with van der Waals surface area (Å²) in [5, 5.41) is 0. The van der Waals surface area contributed by atoms with Crippen molar-refractivity contribution in [3.8, 4) is 5.75 Å². The lowest BCUT2D eigenvalue weighted by molar-refractivity contribution is 0.0701. The van der Waals surface area contributed by atoms with Crippen LogP contribution in [0.2, 0.25) is 0 Å². The number of carbonyl (C=O) groups is 1. The van der Waals surface area contributed by atoms with Crippen LogP contribution in [0.1, 0.15) is 35.8 Å². The molecule has 0 fully saturated rings. The second kappa shape index (κ2) is 7.22. The van der Waals surface area contributed by atoms with Gasteiger partial charge < -0.3 is 9.64 Å². The lowest BCUT2D eigenvalue weighted by Gasteiger charge is -2.28. The number of hydrogen-bond acceptors (Lipinski definition) is 2. The molecule has 2 aromatic carbocycles. The van der Waals surface area contributed by atoms with E-state index >= 15 is 0 Å². The maximum absolute atomic E-state index is 13.4. The minimum atomic E-state index is -0.765. The third-order valence-electron chi connectivity index (χ3n) is 3.75.